The Morgan fingerprint density at radius 2 is 2.04 bits per heavy atom. The Kier molecular flexibility index (Phi) is 5.15. The molecular formula is C17H18F3N5O2. The average Bonchev–Trinajstić information content (AvgIpc) is 3.09. The summed E-state index contributed by atoms with van der Waals surface area (Å²) >= 11 is 0. The van der Waals surface area contributed by atoms with Gasteiger partial charge in [0.2, 0.25) is 5.88 Å². The van der Waals surface area contributed by atoms with Crippen LogP contribution in [-0.2, 0) is 6.18 Å². The molecular weight excluding hydrogens is 363 g/mol. The maximum absolute atomic E-state index is 12.6. The van der Waals surface area contributed by atoms with Crippen LogP contribution in [0.1, 0.15) is 22.5 Å². The van der Waals surface area contributed by atoms with Crippen molar-refractivity contribution in [1.82, 2.24) is 19.9 Å². The molecule has 27 heavy (non-hydrogen) atoms. The van der Waals surface area contributed by atoms with Crippen LogP contribution in [0, 0.1) is 0 Å². The third-order valence-electron chi connectivity index (χ3n) is 4.08. The molecule has 3 rings (SSSR count). The number of halogens is 3. The quantitative estimate of drug-likeness (QED) is 0.809. The van der Waals surface area contributed by atoms with Gasteiger partial charge in [-0.2, -0.15) is 18.2 Å². The maximum atomic E-state index is 12.6. The zero-order valence-corrected chi connectivity index (χ0v) is 14.8. The van der Waals surface area contributed by atoms with Crippen LogP contribution in [0.15, 0.2) is 30.7 Å². The number of alkyl halides is 3. The first-order chi connectivity index (χ1) is 12.7. The Hall–Kier alpha value is -2.91. The molecule has 7 nitrogen and oxygen atoms in total. The van der Waals surface area contributed by atoms with Crippen LogP contribution in [-0.4, -0.2) is 59.0 Å². The number of pyridine rings is 1. The van der Waals surface area contributed by atoms with E-state index in [1.165, 1.54) is 11.1 Å². The molecule has 3 heterocycles. The molecule has 2 aromatic rings. The van der Waals surface area contributed by atoms with Crippen LogP contribution in [0.3, 0.4) is 0 Å². The minimum Gasteiger partial charge on any atom is -0.471 e. The highest BCUT2D eigenvalue weighted by Crippen LogP contribution is 2.27. The predicted molar refractivity (Wildman–Crippen MR) is 90.5 cm³/mol. The van der Waals surface area contributed by atoms with Gasteiger partial charge in [0.05, 0.1) is 24.5 Å². The first-order valence-electron chi connectivity index (χ1n) is 8.22. The summed E-state index contributed by atoms with van der Waals surface area (Å²) < 4.78 is 43.5. The second-order valence-electron chi connectivity index (χ2n) is 6.32. The molecule has 1 amide bonds. The van der Waals surface area contributed by atoms with Crippen LogP contribution < -0.4 is 9.64 Å². The van der Waals surface area contributed by atoms with E-state index < -0.39 is 11.9 Å². The van der Waals surface area contributed by atoms with Gasteiger partial charge in [0, 0.05) is 33.3 Å². The molecule has 1 aliphatic rings. The van der Waals surface area contributed by atoms with Gasteiger partial charge >= 0.3 is 6.18 Å². The lowest BCUT2D eigenvalue weighted by Crippen LogP contribution is -2.31. The zero-order valence-electron chi connectivity index (χ0n) is 14.8. The van der Waals surface area contributed by atoms with E-state index in [0.717, 1.165) is 18.3 Å². The molecule has 10 heteroatoms. The van der Waals surface area contributed by atoms with E-state index in [2.05, 4.69) is 15.0 Å². The molecule has 0 aliphatic carbocycles. The molecule has 0 radical (unpaired) electrons. The summed E-state index contributed by atoms with van der Waals surface area (Å²) in [6, 6.07) is 1.94. The van der Waals surface area contributed by atoms with Gasteiger partial charge in [-0.15, -0.1) is 0 Å². The highest BCUT2D eigenvalue weighted by molar-refractivity contribution is 5.94. The minimum absolute atomic E-state index is 0.109. The SMILES string of the molecule is CN(C)c1cncc(O[C@@H]2CCN(C(=O)c3ccc(C(F)(F)F)nc3)C2)n1. The van der Waals surface area contributed by atoms with Gasteiger partial charge in [-0.05, 0) is 12.1 Å². The average molecular weight is 381 g/mol. The van der Waals surface area contributed by atoms with Crippen LogP contribution in [0.4, 0.5) is 19.0 Å². The first-order valence-corrected chi connectivity index (χ1v) is 8.22. The summed E-state index contributed by atoms with van der Waals surface area (Å²) in [6.07, 6.45) is -0.148. The molecule has 0 unspecified atom stereocenters. The van der Waals surface area contributed by atoms with Gasteiger partial charge in [0.25, 0.3) is 5.91 Å². The molecule has 0 aromatic carbocycles. The fraction of sp³-hybridized carbons (Fsp3) is 0.412. The number of rotatable bonds is 4. The second-order valence-corrected chi connectivity index (χ2v) is 6.32. The zero-order chi connectivity index (χ0) is 19.6. The Labute approximate surface area is 153 Å². The Morgan fingerprint density at radius 1 is 1.26 bits per heavy atom. The van der Waals surface area contributed by atoms with E-state index in [4.69, 9.17) is 4.74 Å². The van der Waals surface area contributed by atoms with Crippen molar-refractivity contribution < 1.29 is 22.7 Å². The summed E-state index contributed by atoms with van der Waals surface area (Å²) in [6.45, 7) is 0.749. The molecule has 144 valence electrons. The van der Waals surface area contributed by atoms with Crippen LogP contribution in [0.2, 0.25) is 0 Å². The van der Waals surface area contributed by atoms with Gasteiger partial charge in [0.15, 0.2) is 5.82 Å². The standard InChI is InChI=1S/C17H18F3N5O2/c1-24(2)14-8-21-9-15(23-14)27-12-5-6-25(10-12)16(26)11-3-4-13(22-7-11)17(18,19)20/h3-4,7-9,12H,5-6,10H2,1-2H3/t12-/m1/s1. The summed E-state index contributed by atoms with van der Waals surface area (Å²) in [7, 11) is 3.67. The second kappa shape index (κ2) is 7.37. The molecule has 0 saturated carbocycles. The topological polar surface area (TPSA) is 71.5 Å². The van der Waals surface area contributed by atoms with Crippen LogP contribution in [0.25, 0.3) is 0 Å². The van der Waals surface area contributed by atoms with Gasteiger partial charge in [-0.1, -0.05) is 0 Å². The van der Waals surface area contributed by atoms with E-state index in [0.29, 0.717) is 31.2 Å². The molecule has 1 aliphatic heterocycles. The Balaban J connectivity index is 1.62. The van der Waals surface area contributed by atoms with Gasteiger partial charge in [-0.25, -0.2) is 0 Å². The summed E-state index contributed by atoms with van der Waals surface area (Å²) in [5.74, 6) is 0.626. The van der Waals surface area contributed by atoms with E-state index in [1.807, 2.05) is 14.1 Å². The Morgan fingerprint density at radius 3 is 2.67 bits per heavy atom. The van der Waals surface area contributed by atoms with E-state index in [9.17, 15) is 18.0 Å². The Bertz CT molecular complexity index is 811. The monoisotopic (exact) mass is 381 g/mol. The number of carbonyl (C=O) groups is 1. The number of anilines is 1. The third-order valence-corrected chi connectivity index (χ3v) is 4.08. The minimum atomic E-state index is -4.53. The molecule has 2 aromatic heterocycles. The molecule has 0 spiro atoms. The van der Waals surface area contributed by atoms with Gasteiger partial charge in [0.1, 0.15) is 11.8 Å². The molecule has 1 saturated heterocycles. The number of carbonyl (C=O) groups excluding carboxylic acids is 1. The van der Waals surface area contributed by atoms with Crippen molar-refractivity contribution in [1.29, 1.82) is 0 Å². The molecule has 1 fully saturated rings. The number of ether oxygens (including phenoxy) is 1. The van der Waals surface area contributed by atoms with E-state index in [1.54, 1.807) is 11.1 Å². The van der Waals surface area contributed by atoms with E-state index in [-0.39, 0.29) is 17.6 Å². The third kappa shape index (κ3) is 4.44. The lowest BCUT2D eigenvalue weighted by molar-refractivity contribution is -0.141. The number of hydrogen-bond acceptors (Lipinski definition) is 6. The maximum Gasteiger partial charge on any atom is 0.433 e. The van der Waals surface area contributed by atoms with Crippen LogP contribution >= 0.6 is 0 Å². The molecule has 0 bridgehead atoms. The number of amides is 1. The lowest BCUT2D eigenvalue weighted by Gasteiger charge is -2.18. The van der Waals surface area contributed by atoms with Gasteiger partial charge < -0.3 is 14.5 Å². The number of nitrogens with zero attached hydrogens (tertiary/aromatic N) is 5. The number of aromatic nitrogens is 3. The first kappa shape index (κ1) is 18.9. The summed E-state index contributed by atoms with van der Waals surface area (Å²) in [5.41, 5.74) is -0.918. The molecule has 1 atom stereocenters. The van der Waals surface area contributed by atoms with Crippen molar-refractivity contribution >= 4 is 11.7 Å². The highest BCUT2D eigenvalue weighted by atomic mass is 19.4. The summed E-state index contributed by atoms with van der Waals surface area (Å²) in [4.78, 5) is 27.5. The fourth-order valence-electron chi connectivity index (χ4n) is 2.66. The van der Waals surface area contributed by atoms with Crippen LogP contribution in [0.5, 0.6) is 5.88 Å². The summed E-state index contributed by atoms with van der Waals surface area (Å²) in [5, 5.41) is 0. The smallest absolute Gasteiger partial charge is 0.433 e. The van der Waals surface area contributed by atoms with Crippen molar-refractivity contribution in [2.24, 2.45) is 0 Å². The van der Waals surface area contributed by atoms with Crippen molar-refractivity contribution in [3.8, 4) is 5.88 Å². The predicted octanol–water partition coefficient (Wildman–Crippen LogP) is 2.25. The van der Waals surface area contributed by atoms with Crippen molar-refractivity contribution in [2.45, 2.75) is 18.7 Å². The lowest BCUT2D eigenvalue weighted by atomic mass is 10.2. The number of likely N-dealkylation sites (tertiary alicyclic amines) is 1. The van der Waals surface area contributed by atoms with E-state index >= 15 is 0 Å². The largest absolute Gasteiger partial charge is 0.471 e. The fourth-order valence-corrected chi connectivity index (χ4v) is 2.66. The molecule has 0 N–H and O–H groups in total. The normalized spacial score (nSPS) is 17.1. The van der Waals surface area contributed by atoms with Crippen molar-refractivity contribution in [3.05, 3.63) is 42.0 Å². The van der Waals surface area contributed by atoms with Crippen molar-refractivity contribution in [3.63, 3.8) is 0 Å². The van der Waals surface area contributed by atoms with Gasteiger partial charge in [-0.3, -0.25) is 14.8 Å². The highest BCUT2D eigenvalue weighted by Gasteiger charge is 2.33. The number of hydrogen-bond donors (Lipinski definition) is 0. The van der Waals surface area contributed by atoms with Crippen molar-refractivity contribution in [2.75, 3.05) is 32.1 Å².